The number of nitrogens with zero attached hydrogens (tertiary/aromatic N) is 2. The first-order valence-corrected chi connectivity index (χ1v) is 9.41. The SMILES string of the molecule is CC(C)(CNC(=O)N1CCC[C@H]1c1ccsc1)N1CCOCC1. The molecule has 0 spiro atoms. The molecule has 2 saturated heterocycles. The zero-order chi connectivity index (χ0) is 16.3. The quantitative estimate of drug-likeness (QED) is 0.919. The fraction of sp³-hybridized carbons (Fsp3) is 0.706. The lowest BCUT2D eigenvalue weighted by Crippen LogP contribution is -2.56. The Morgan fingerprint density at radius 3 is 2.87 bits per heavy atom. The second-order valence-electron chi connectivity index (χ2n) is 6.98. The Bertz CT molecular complexity index is 512. The van der Waals surface area contributed by atoms with Gasteiger partial charge in [0.1, 0.15) is 0 Å². The minimum Gasteiger partial charge on any atom is -0.379 e. The second kappa shape index (κ2) is 7.20. The van der Waals surface area contributed by atoms with Crippen molar-refractivity contribution in [3.05, 3.63) is 22.4 Å². The summed E-state index contributed by atoms with van der Waals surface area (Å²) in [6.45, 7) is 9.34. The van der Waals surface area contributed by atoms with Crippen LogP contribution in [0.5, 0.6) is 0 Å². The lowest BCUT2D eigenvalue weighted by Gasteiger charge is -2.41. The molecular weight excluding hydrogens is 310 g/mol. The fourth-order valence-corrected chi connectivity index (χ4v) is 4.20. The summed E-state index contributed by atoms with van der Waals surface area (Å²) in [5.41, 5.74) is 1.23. The van der Waals surface area contributed by atoms with Crippen LogP contribution in [0.25, 0.3) is 0 Å². The van der Waals surface area contributed by atoms with E-state index in [0.717, 1.165) is 45.7 Å². The summed E-state index contributed by atoms with van der Waals surface area (Å²) in [4.78, 5) is 17.1. The van der Waals surface area contributed by atoms with Crippen LogP contribution < -0.4 is 5.32 Å². The molecule has 2 aliphatic heterocycles. The van der Waals surface area contributed by atoms with Crippen molar-refractivity contribution < 1.29 is 9.53 Å². The Kier molecular flexibility index (Phi) is 5.24. The van der Waals surface area contributed by atoms with Gasteiger partial charge in [-0.05, 0) is 49.1 Å². The highest BCUT2D eigenvalue weighted by molar-refractivity contribution is 7.07. The topological polar surface area (TPSA) is 44.8 Å². The van der Waals surface area contributed by atoms with Gasteiger partial charge in [-0.25, -0.2) is 4.79 Å². The van der Waals surface area contributed by atoms with Crippen LogP contribution in [0.4, 0.5) is 4.79 Å². The summed E-state index contributed by atoms with van der Waals surface area (Å²) >= 11 is 1.70. The third-order valence-electron chi connectivity index (χ3n) is 4.98. The van der Waals surface area contributed by atoms with Crippen LogP contribution in [0.1, 0.15) is 38.3 Å². The van der Waals surface area contributed by atoms with Gasteiger partial charge in [-0.15, -0.1) is 0 Å². The number of thiophene rings is 1. The van der Waals surface area contributed by atoms with Crippen LogP contribution in [-0.4, -0.2) is 60.8 Å². The molecule has 0 bridgehead atoms. The van der Waals surface area contributed by atoms with E-state index in [4.69, 9.17) is 4.74 Å². The number of amides is 2. The summed E-state index contributed by atoms with van der Waals surface area (Å²) < 4.78 is 5.42. The van der Waals surface area contributed by atoms with E-state index in [-0.39, 0.29) is 17.6 Å². The van der Waals surface area contributed by atoms with Crippen LogP contribution in [0, 0.1) is 0 Å². The van der Waals surface area contributed by atoms with Gasteiger partial charge < -0.3 is 15.0 Å². The molecule has 6 heteroatoms. The molecule has 5 nitrogen and oxygen atoms in total. The summed E-state index contributed by atoms with van der Waals surface area (Å²) in [7, 11) is 0. The van der Waals surface area contributed by atoms with E-state index in [2.05, 4.69) is 40.9 Å². The van der Waals surface area contributed by atoms with E-state index in [0.29, 0.717) is 6.54 Å². The number of hydrogen-bond acceptors (Lipinski definition) is 4. The number of ether oxygens (including phenoxy) is 1. The van der Waals surface area contributed by atoms with Gasteiger partial charge in [0.05, 0.1) is 19.3 Å². The zero-order valence-electron chi connectivity index (χ0n) is 14.1. The normalized spacial score (nSPS) is 23.2. The van der Waals surface area contributed by atoms with Crippen molar-refractivity contribution in [3.8, 4) is 0 Å². The lowest BCUT2D eigenvalue weighted by molar-refractivity contribution is -0.00907. The van der Waals surface area contributed by atoms with Crippen LogP contribution in [-0.2, 0) is 4.74 Å². The Morgan fingerprint density at radius 1 is 1.39 bits per heavy atom. The number of carbonyl (C=O) groups excluding carboxylic acids is 1. The van der Waals surface area contributed by atoms with E-state index < -0.39 is 0 Å². The molecule has 1 atom stereocenters. The van der Waals surface area contributed by atoms with Crippen molar-refractivity contribution in [2.24, 2.45) is 0 Å². The zero-order valence-corrected chi connectivity index (χ0v) is 14.9. The first-order chi connectivity index (χ1) is 11.1. The van der Waals surface area contributed by atoms with Gasteiger partial charge in [-0.3, -0.25) is 4.90 Å². The molecule has 1 aromatic heterocycles. The van der Waals surface area contributed by atoms with Gasteiger partial charge in [0.2, 0.25) is 0 Å². The van der Waals surface area contributed by atoms with Crippen LogP contribution in [0.3, 0.4) is 0 Å². The van der Waals surface area contributed by atoms with E-state index in [1.54, 1.807) is 11.3 Å². The molecule has 0 aliphatic carbocycles. The molecule has 3 heterocycles. The minimum absolute atomic E-state index is 0.0446. The number of rotatable bonds is 4. The predicted molar refractivity (Wildman–Crippen MR) is 92.9 cm³/mol. The van der Waals surface area contributed by atoms with Crippen LogP contribution in [0.2, 0.25) is 0 Å². The maximum Gasteiger partial charge on any atom is 0.317 e. The molecule has 23 heavy (non-hydrogen) atoms. The van der Waals surface area contributed by atoms with E-state index in [1.807, 2.05) is 4.90 Å². The molecule has 0 saturated carbocycles. The van der Waals surface area contributed by atoms with E-state index in [1.165, 1.54) is 5.56 Å². The van der Waals surface area contributed by atoms with Gasteiger partial charge in [-0.2, -0.15) is 11.3 Å². The molecule has 1 aromatic rings. The summed E-state index contributed by atoms with van der Waals surface area (Å²) in [6, 6.07) is 2.45. The largest absolute Gasteiger partial charge is 0.379 e. The van der Waals surface area contributed by atoms with Crippen molar-refractivity contribution in [1.29, 1.82) is 0 Å². The van der Waals surface area contributed by atoms with Crippen LogP contribution in [0.15, 0.2) is 16.8 Å². The van der Waals surface area contributed by atoms with Gasteiger partial charge in [0.15, 0.2) is 0 Å². The molecule has 0 unspecified atom stereocenters. The van der Waals surface area contributed by atoms with E-state index >= 15 is 0 Å². The standard InChI is InChI=1S/C17H27N3O2S/c1-17(2,19-7-9-22-10-8-19)13-18-16(21)20-6-3-4-15(20)14-5-11-23-12-14/h5,11-12,15H,3-4,6-10,13H2,1-2H3,(H,18,21)/t15-/m0/s1. The molecule has 3 rings (SSSR count). The van der Waals surface area contributed by atoms with E-state index in [9.17, 15) is 4.79 Å². The van der Waals surface area contributed by atoms with Crippen molar-refractivity contribution in [3.63, 3.8) is 0 Å². The van der Waals surface area contributed by atoms with Gasteiger partial charge in [0.25, 0.3) is 0 Å². The van der Waals surface area contributed by atoms with Gasteiger partial charge in [0, 0.05) is 31.7 Å². The lowest BCUT2D eigenvalue weighted by atomic mass is 10.0. The first kappa shape index (κ1) is 16.7. The van der Waals surface area contributed by atoms with Crippen molar-refractivity contribution in [1.82, 2.24) is 15.1 Å². The average Bonchev–Trinajstić information content (AvgIpc) is 3.24. The molecule has 1 N–H and O–H groups in total. The molecule has 2 aliphatic rings. The van der Waals surface area contributed by atoms with Gasteiger partial charge in [-0.1, -0.05) is 0 Å². The Balaban J connectivity index is 1.56. The van der Waals surface area contributed by atoms with Crippen LogP contribution >= 0.6 is 11.3 Å². The summed E-state index contributed by atoms with van der Waals surface area (Å²) in [5.74, 6) is 0. The highest BCUT2D eigenvalue weighted by atomic mass is 32.1. The second-order valence-corrected chi connectivity index (χ2v) is 7.76. The molecule has 0 aromatic carbocycles. The Hall–Kier alpha value is -1.11. The maximum atomic E-state index is 12.7. The molecule has 0 radical (unpaired) electrons. The van der Waals surface area contributed by atoms with Crippen molar-refractivity contribution >= 4 is 17.4 Å². The molecule has 128 valence electrons. The Labute approximate surface area is 142 Å². The Morgan fingerprint density at radius 2 is 2.17 bits per heavy atom. The first-order valence-electron chi connectivity index (χ1n) is 8.47. The predicted octanol–water partition coefficient (Wildman–Crippen LogP) is 2.71. The molecule has 2 amide bonds. The highest BCUT2D eigenvalue weighted by Crippen LogP contribution is 2.33. The highest BCUT2D eigenvalue weighted by Gasteiger charge is 2.33. The molecular formula is C17H27N3O2S. The average molecular weight is 337 g/mol. The third-order valence-corrected chi connectivity index (χ3v) is 5.68. The van der Waals surface area contributed by atoms with Crippen molar-refractivity contribution in [2.45, 2.75) is 38.3 Å². The number of morpholine rings is 1. The monoisotopic (exact) mass is 337 g/mol. The number of nitrogens with one attached hydrogen (secondary N) is 1. The number of likely N-dealkylation sites (tertiary alicyclic amines) is 1. The minimum atomic E-state index is -0.0446. The summed E-state index contributed by atoms with van der Waals surface area (Å²) in [5, 5.41) is 7.41. The molecule has 2 fully saturated rings. The fourth-order valence-electron chi connectivity index (χ4n) is 3.49. The smallest absolute Gasteiger partial charge is 0.317 e. The number of hydrogen-bond donors (Lipinski definition) is 1. The maximum absolute atomic E-state index is 12.7. The summed E-state index contributed by atoms with van der Waals surface area (Å²) in [6.07, 6.45) is 2.15. The van der Waals surface area contributed by atoms with Gasteiger partial charge >= 0.3 is 6.03 Å². The number of carbonyl (C=O) groups is 1. The third kappa shape index (κ3) is 3.87. The number of urea groups is 1. The van der Waals surface area contributed by atoms with Crippen molar-refractivity contribution in [2.75, 3.05) is 39.4 Å².